The molecule has 25 heavy (non-hydrogen) atoms. The van der Waals surface area contributed by atoms with Crippen LogP contribution < -0.4 is 5.32 Å². The highest BCUT2D eigenvalue weighted by Crippen LogP contribution is 2.23. The Kier molecular flexibility index (Phi) is 6.00. The molecule has 0 aromatic heterocycles. The first-order valence-electron chi connectivity index (χ1n) is 8.55. The highest BCUT2D eigenvalue weighted by molar-refractivity contribution is 6.31. The van der Waals surface area contributed by atoms with Crippen molar-refractivity contribution in [3.05, 3.63) is 63.6 Å². The third-order valence-electron chi connectivity index (χ3n) is 4.61. The second kappa shape index (κ2) is 8.22. The summed E-state index contributed by atoms with van der Waals surface area (Å²) in [5, 5.41) is 4.42. The summed E-state index contributed by atoms with van der Waals surface area (Å²) in [4.78, 5) is 14.9. The minimum atomic E-state index is -0.00647. The third kappa shape index (κ3) is 4.97. The quantitative estimate of drug-likeness (QED) is 0.799. The molecule has 132 valence electrons. The van der Waals surface area contributed by atoms with Gasteiger partial charge < -0.3 is 5.32 Å². The second-order valence-electron chi connectivity index (χ2n) is 6.66. The molecule has 3 rings (SSSR count). The molecule has 0 radical (unpaired) electrons. The lowest BCUT2D eigenvalue weighted by Crippen LogP contribution is -2.40. The number of nitrogens with zero attached hydrogens (tertiary/aromatic N) is 1. The van der Waals surface area contributed by atoms with Crippen LogP contribution in [0.1, 0.15) is 24.0 Å². The van der Waals surface area contributed by atoms with Crippen LogP contribution in [0.25, 0.3) is 0 Å². The zero-order valence-corrected chi connectivity index (χ0v) is 15.8. The molecular weight excluding hydrogens is 355 g/mol. The first kappa shape index (κ1) is 18.2. The minimum Gasteiger partial charge on any atom is -0.326 e. The molecule has 0 aliphatic carbocycles. The van der Waals surface area contributed by atoms with Crippen LogP contribution in [0, 0.1) is 12.8 Å². The Morgan fingerprint density at radius 3 is 2.84 bits per heavy atom. The molecule has 1 aliphatic rings. The molecule has 1 amide bonds. The highest BCUT2D eigenvalue weighted by atomic mass is 35.5. The molecule has 0 spiro atoms. The zero-order chi connectivity index (χ0) is 17.8. The molecule has 3 nitrogen and oxygen atoms in total. The number of halogens is 2. The van der Waals surface area contributed by atoms with E-state index < -0.39 is 0 Å². The standard InChI is InChI=1S/C20H22Cl2N2O/c1-14-7-8-18(11-19(14)22)23-20(25)16-5-3-9-24(13-16)12-15-4-2-6-17(21)10-15/h2,4,6-8,10-11,16H,3,5,9,12-13H2,1H3,(H,23,25). The van der Waals surface area contributed by atoms with Crippen molar-refractivity contribution in [2.75, 3.05) is 18.4 Å². The highest BCUT2D eigenvalue weighted by Gasteiger charge is 2.26. The van der Waals surface area contributed by atoms with Crippen LogP contribution in [0.3, 0.4) is 0 Å². The Hall–Kier alpha value is -1.55. The topological polar surface area (TPSA) is 32.3 Å². The normalized spacial score (nSPS) is 18.1. The molecule has 1 aliphatic heterocycles. The van der Waals surface area contributed by atoms with Gasteiger partial charge in [-0.1, -0.05) is 41.4 Å². The summed E-state index contributed by atoms with van der Waals surface area (Å²) in [6.45, 7) is 4.54. The van der Waals surface area contributed by atoms with Gasteiger partial charge in [0.25, 0.3) is 0 Å². The van der Waals surface area contributed by atoms with Crippen molar-refractivity contribution in [3.63, 3.8) is 0 Å². The van der Waals surface area contributed by atoms with E-state index in [1.54, 1.807) is 6.07 Å². The summed E-state index contributed by atoms with van der Waals surface area (Å²) in [5.74, 6) is 0.0590. The summed E-state index contributed by atoms with van der Waals surface area (Å²) in [7, 11) is 0. The number of anilines is 1. The van der Waals surface area contributed by atoms with Crippen molar-refractivity contribution >= 4 is 34.8 Å². The summed E-state index contributed by atoms with van der Waals surface area (Å²) in [5.41, 5.74) is 2.94. The number of benzene rings is 2. The maximum Gasteiger partial charge on any atom is 0.228 e. The van der Waals surface area contributed by atoms with E-state index in [2.05, 4.69) is 16.3 Å². The number of hydrogen-bond donors (Lipinski definition) is 1. The van der Waals surface area contributed by atoms with E-state index in [-0.39, 0.29) is 11.8 Å². The van der Waals surface area contributed by atoms with Gasteiger partial charge in [0, 0.05) is 28.8 Å². The molecule has 5 heteroatoms. The first-order valence-corrected chi connectivity index (χ1v) is 9.30. The van der Waals surface area contributed by atoms with Crippen LogP contribution in [0.15, 0.2) is 42.5 Å². The molecule has 1 atom stereocenters. The van der Waals surface area contributed by atoms with Crippen LogP contribution in [0.4, 0.5) is 5.69 Å². The van der Waals surface area contributed by atoms with Crippen molar-refractivity contribution in [1.29, 1.82) is 0 Å². The van der Waals surface area contributed by atoms with Crippen LogP contribution in [-0.4, -0.2) is 23.9 Å². The smallest absolute Gasteiger partial charge is 0.228 e. The Balaban J connectivity index is 1.60. The van der Waals surface area contributed by atoms with Crippen LogP contribution in [0.2, 0.25) is 10.0 Å². The average molecular weight is 377 g/mol. The fraction of sp³-hybridized carbons (Fsp3) is 0.350. The molecular formula is C20H22Cl2N2O. The molecule has 0 bridgehead atoms. The maximum absolute atomic E-state index is 12.6. The van der Waals surface area contributed by atoms with Gasteiger partial charge >= 0.3 is 0 Å². The van der Waals surface area contributed by atoms with Crippen molar-refractivity contribution in [2.24, 2.45) is 5.92 Å². The number of rotatable bonds is 4. The SMILES string of the molecule is Cc1ccc(NC(=O)C2CCCN(Cc3cccc(Cl)c3)C2)cc1Cl. The molecule has 1 N–H and O–H groups in total. The fourth-order valence-corrected chi connectivity index (χ4v) is 3.62. The van der Waals surface area contributed by atoms with E-state index in [1.165, 1.54) is 5.56 Å². The van der Waals surface area contributed by atoms with Gasteiger partial charge in [-0.15, -0.1) is 0 Å². The van der Waals surface area contributed by atoms with Crippen LogP contribution >= 0.6 is 23.2 Å². The minimum absolute atomic E-state index is 0.00647. The molecule has 1 saturated heterocycles. The van der Waals surface area contributed by atoms with Gasteiger partial charge in [-0.3, -0.25) is 9.69 Å². The maximum atomic E-state index is 12.6. The van der Waals surface area contributed by atoms with E-state index in [0.29, 0.717) is 5.02 Å². The number of hydrogen-bond acceptors (Lipinski definition) is 2. The van der Waals surface area contributed by atoms with E-state index in [4.69, 9.17) is 23.2 Å². The largest absolute Gasteiger partial charge is 0.326 e. The predicted octanol–water partition coefficient (Wildman–Crippen LogP) is 5.15. The summed E-state index contributed by atoms with van der Waals surface area (Å²) in [6, 6.07) is 13.5. The first-order chi connectivity index (χ1) is 12.0. The second-order valence-corrected chi connectivity index (χ2v) is 7.50. The number of likely N-dealkylation sites (tertiary alicyclic amines) is 1. The van der Waals surface area contributed by atoms with E-state index in [9.17, 15) is 4.79 Å². The number of amides is 1. The van der Waals surface area contributed by atoms with Crippen molar-refractivity contribution in [3.8, 4) is 0 Å². The monoisotopic (exact) mass is 376 g/mol. The van der Waals surface area contributed by atoms with Gasteiger partial charge in [0.05, 0.1) is 5.92 Å². The summed E-state index contributed by atoms with van der Waals surface area (Å²) in [6.07, 6.45) is 1.94. The lowest BCUT2D eigenvalue weighted by Gasteiger charge is -2.32. The van der Waals surface area contributed by atoms with Gasteiger partial charge in [0.15, 0.2) is 0 Å². The van der Waals surface area contributed by atoms with Gasteiger partial charge in [-0.05, 0) is 61.7 Å². The molecule has 0 saturated carbocycles. The van der Waals surface area contributed by atoms with E-state index in [0.717, 1.165) is 48.7 Å². The van der Waals surface area contributed by atoms with Crippen molar-refractivity contribution in [2.45, 2.75) is 26.3 Å². The molecule has 1 unspecified atom stereocenters. The Morgan fingerprint density at radius 1 is 1.24 bits per heavy atom. The van der Waals surface area contributed by atoms with Crippen molar-refractivity contribution < 1.29 is 4.79 Å². The third-order valence-corrected chi connectivity index (χ3v) is 5.25. The Labute approximate surface area is 158 Å². The number of aryl methyl sites for hydroxylation is 1. The number of carbonyl (C=O) groups excluding carboxylic acids is 1. The molecule has 1 fully saturated rings. The van der Waals surface area contributed by atoms with Crippen LogP contribution in [0.5, 0.6) is 0 Å². The molecule has 2 aromatic carbocycles. The van der Waals surface area contributed by atoms with Gasteiger partial charge in [0.1, 0.15) is 0 Å². The Morgan fingerprint density at radius 2 is 2.08 bits per heavy atom. The van der Waals surface area contributed by atoms with Gasteiger partial charge in [-0.2, -0.15) is 0 Å². The van der Waals surface area contributed by atoms with Crippen molar-refractivity contribution in [1.82, 2.24) is 4.90 Å². The van der Waals surface area contributed by atoms with Gasteiger partial charge in [-0.25, -0.2) is 0 Å². The Bertz CT molecular complexity index is 763. The average Bonchev–Trinajstić information content (AvgIpc) is 2.58. The number of nitrogens with one attached hydrogen (secondary N) is 1. The molecule has 1 heterocycles. The molecule has 2 aromatic rings. The fourth-order valence-electron chi connectivity index (χ4n) is 3.22. The zero-order valence-electron chi connectivity index (χ0n) is 14.3. The van der Waals surface area contributed by atoms with Gasteiger partial charge in [0.2, 0.25) is 5.91 Å². The number of carbonyl (C=O) groups is 1. The number of piperidine rings is 1. The lowest BCUT2D eigenvalue weighted by atomic mass is 9.96. The van der Waals surface area contributed by atoms with E-state index >= 15 is 0 Å². The van der Waals surface area contributed by atoms with E-state index in [1.807, 2.05) is 37.3 Å². The van der Waals surface area contributed by atoms with Crippen LogP contribution in [-0.2, 0) is 11.3 Å². The summed E-state index contributed by atoms with van der Waals surface area (Å²) < 4.78 is 0. The predicted molar refractivity (Wildman–Crippen MR) is 104 cm³/mol. The lowest BCUT2D eigenvalue weighted by molar-refractivity contribution is -0.121. The summed E-state index contributed by atoms with van der Waals surface area (Å²) >= 11 is 12.2.